The molecule has 1 aromatic carbocycles. The van der Waals surface area contributed by atoms with Crippen LogP contribution in [0.25, 0.3) is 0 Å². The van der Waals surface area contributed by atoms with Gasteiger partial charge >= 0.3 is 5.97 Å². The van der Waals surface area contributed by atoms with E-state index in [2.05, 4.69) is 4.74 Å². The lowest BCUT2D eigenvalue weighted by molar-refractivity contribution is -0.140. The summed E-state index contributed by atoms with van der Waals surface area (Å²) in [6.07, 6.45) is 0.974. The second kappa shape index (κ2) is 8.34. The molecule has 0 aliphatic heterocycles. The zero-order valence-electron chi connectivity index (χ0n) is 12.5. The minimum Gasteiger partial charge on any atom is -0.469 e. The van der Waals surface area contributed by atoms with E-state index in [9.17, 15) is 9.59 Å². The minimum atomic E-state index is -0.302. The lowest BCUT2D eigenvalue weighted by atomic mass is 10.1. The molecule has 0 atom stereocenters. The van der Waals surface area contributed by atoms with Gasteiger partial charge in [0.2, 0.25) is 0 Å². The number of ether oxygens (including phenoxy) is 1. The third-order valence-electron chi connectivity index (χ3n) is 3.35. The standard InChI is InChI=1S/C17H19NO3S/c1-21-16(19)10-12-18(17(20)15-8-5-13-22-15)11-9-14-6-3-2-4-7-14/h2-8,13H,9-12H2,1H3. The summed E-state index contributed by atoms with van der Waals surface area (Å²) in [6.45, 7) is 0.952. The van der Waals surface area contributed by atoms with E-state index in [0.29, 0.717) is 18.0 Å². The number of esters is 1. The fraction of sp³-hybridized carbons (Fsp3) is 0.294. The lowest BCUT2D eigenvalue weighted by Crippen LogP contribution is -2.34. The SMILES string of the molecule is COC(=O)CCN(CCc1ccccc1)C(=O)c1cccs1. The molecule has 5 heteroatoms. The number of carbonyl (C=O) groups is 2. The first kappa shape index (κ1) is 16.2. The largest absolute Gasteiger partial charge is 0.469 e. The van der Waals surface area contributed by atoms with Crippen LogP contribution in [0.4, 0.5) is 0 Å². The third kappa shape index (κ3) is 4.70. The van der Waals surface area contributed by atoms with Gasteiger partial charge in [-0.3, -0.25) is 9.59 Å². The molecule has 2 rings (SSSR count). The number of carbonyl (C=O) groups excluding carboxylic acids is 2. The number of hydrogen-bond donors (Lipinski definition) is 0. The van der Waals surface area contributed by atoms with Crippen LogP contribution in [-0.4, -0.2) is 37.0 Å². The van der Waals surface area contributed by atoms with Crippen molar-refractivity contribution < 1.29 is 14.3 Å². The summed E-state index contributed by atoms with van der Waals surface area (Å²) in [5.41, 5.74) is 1.17. The van der Waals surface area contributed by atoms with Crippen molar-refractivity contribution in [3.8, 4) is 0 Å². The number of methoxy groups -OCH3 is 1. The second-order valence-electron chi connectivity index (χ2n) is 4.83. The summed E-state index contributed by atoms with van der Waals surface area (Å²) >= 11 is 1.41. The first-order valence-electron chi connectivity index (χ1n) is 7.14. The van der Waals surface area contributed by atoms with Crippen LogP contribution in [0.5, 0.6) is 0 Å². The molecule has 0 spiro atoms. The van der Waals surface area contributed by atoms with Crippen molar-refractivity contribution in [2.24, 2.45) is 0 Å². The van der Waals surface area contributed by atoms with Crippen molar-refractivity contribution in [3.05, 3.63) is 58.3 Å². The summed E-state index contributed by atoms with van der Waals surface area (Å²) < 4.78 is 4.66. The van der Waals surface area contributed by atoms with E-state index < -0.39 is 0 Å². The number of thiophene rings is 1. The molecule has 2 aromatic rings. The molecule has 0 unspecified atom stereocenters. The monoisotopic (exact) mass is 317 g/mol. The Morgan fingerprint density at radius 3 is 2.50 bits per heavy atom. The number of nitrogens with zero attached hydrogens (tertiary/aromatic N) is 1. The zero-order valence-corrected chi connectivity index (χ0v) is 13.3. The van der Waals surface area contributed by atoms with Gasteiger partial charge in [-0.25, -0.2) is 0 Å². The van der Waals surface area contributed by atoms with Gasteiger partial charge in [0.25, 0.3) is 5.91 Å². The minimum absolute atomic E-state index is 0.0326. The van der Waals surface area contributed by atoms with Crippen LogP contribution >= 0.6 is 11.3 Å². The molecule has 0 saturated carbocycles. The number of rotatable bonds is 7. The third-order valence-corrected chi connectivity index (χ3v) is 4.20. The number of hydrogen-bond acceptors (Lipinski definition) is 4. The number of amides is 1. The Morgan fingerprint density at radius 1 is 1.09 bits per heavy atom. The van der Waals surface area contributed by atoms with E-state index in [1.807, 2.05) is 41.8 Å². The Labute approximate surface area is 134 Å². The van der Waals surface area contributed by atoms with Crippen molar-refractivity contribution in [1.29, 1.82) is 0 Å². The van der Waals surface area contributed by atoms with Gasteiger partial charge in [0.15, 0.2) is 0 Å². The summed E-state index contributed by atoms with van der Waals surface area (Å²) in [7, 11) is 1.36. The summed E-state index contributed by atoms with van der Waals surface area (Å²) in [5, 5.41) is 1.88. The quantitative estimate of drug-likeness (QED) is 0.738. The van der Waals surface area contributed by atoms with E-state index in [-0.39, 0.29) is 18.3 Å². The summed E-state index contributed by atoms with van der Waals surface area (Å²) in [6, 6.07) is 13.7. The Morgan fingerprint density at radius 2 is 1.86 bits per heavy atom. The highest BCUT2D eigenvalue weighted by Gasteiger charge is 2.17. The van der Waals surface area contributed by atoms with E-state index in [4.69, 9.17) is 0 Å². The topological polar surface area (TPSA) is 46.6 Å². The smallest absolute Gasteiger partial charge is 0.307 e. The molecule has 0 aliphatic rings. The predicted octanol–water partition coefficient (Wildman–Crippen LogP) is 3.00. The van der Waals surface area contributed by atoms with Crippen molar-refractivity contribution in [3.63, 3.8) is 0 Å². The fourth-order valence-electron chi connectivity index (χ4n) is 2.11. The molecule has 0 bridgehead atoms. The van der Waals surface area contributed by atoms with Crippen molar-refractivity contribution in [2.75, 3.05) is 20.2 Å². The zero-order chi connectivity index (χ0) is 15.8. The van der Waals surface area contributed by atoms with Crippen LogP contribution in [0.3, 0.4) is 0 Å². The van der Waals surface area contributed by atoms with E-state index in [1.165, 1.54) is 24.0 Å². The average molecular weight is 317 g/mol. The lowest BCUT2D eigenvalue weighted by Gasteiger charge is -2.21. The van der Waals surface area contributed by atoms with Gasteiger partial charge < -0.3 is 9.64 Å². The Balaban J connectivity index is 2.00. The van der Waals surface area contributed by atoms with E-state index in [0.717, 1.165) is 6.42 Å². The van der Waals surface area contributed by atoms with Gasteiger partial charge in [-0.05, 0) is 23.4 Å². The van der Waals surface area contributed by atoms with Crippen LogP contribution in [0.2, 0.25) is 0 Å². The Hall–Kier alpha value is -2.14. The van der Waals surface area contributed by atoms with Crippen molar-refractivity contribution in [2.45, 2.75) is 12.8 Å². The van der Waals surface area contributed by atoms with Crippen molar-refractivity contribution >= 4 is 23.2 Å². The molecule has 1 amide bonds. The van der Waals surface area contributed by atoms with Crippen LogP contribution < -0.4 is 0 Å². The maximum atomic E-state index is 12.5. The molecule has 0 fully saturated rings. The maximum Gasteiger partial charge on any atom is 0.307 e. The normalized spacial score (nSPS) is 10.2. The highest BCUT2D eigenvalue weighted by molar-refractivity contribution is 7.12. The molecule has 4 nitrogen and oxygen atoms in total. The van der Waals surface area contributed by atoms with E-state index >= 15 is 0 Å². The molecular formula is C17H19NO3S. The Bertz CT molecular complexity index is 596. The highest BCUT2D eigenvalue weighted by atomic mass is 32.1. The van der Waals surface area contributed by atoms with Gasteiger partial charge in [0, 0.05) is 13.1 Å². The molecule has 1 heterocycles. The first-order valence-corrected chi connectivity index (χ1v) is 8.02. The molecule has 116 valence electrons. The maximum absolute atomic E-state index is 12.5. The first-order chi connectivity index (χ1) is 10.7. The van der Waals surface area contributed by atoms with Gasteiger partial charge in [-0.1, -0.05) is 36.4 Å². The Kier molecular flexibility index (Phi) is 6.15. The predicted molar refractivity (Wildman–Crippen MR) is 87.0 cm³/mol. The van der Waals surface area contributed by atoms with E-state index in [1.54, 1.807) is 11.0 Å². The van der Waals surface area contributed by atoms with Crippen LogP contribution in [0.15, 0.2) is 47.8 Å². The molecule has 0 radical (unpaired) electrons. The molecular weight excluding hydrogens is 298 g/mol. The van der Waals surface area contributed by atoms with Crippen LogP contribution in [0, 0.1) is 0 Å². The number of benzene rings is 1. The highest BCUT2D eigenvalue weighted by Crippen LogP contribution is 2.13. The van der Waals surface area contributed by atoms with Crippen molar-refractivity contribution in [1.82, 2.24) is 4.90 Å². The van der Waals surface area contributed by atoms with Gasteiger partial charge in [0.05, 0.1) is 18.4 Å². The molecule has 22 heavy (non-hydrogen) atoms. The van der Waals surface area contributed by atoms with Crippen LogP contribution in [0.1, 0.15) is 21.7 Å². The fourth-order valence-corrected chi connectivity index (χ4v) is 2.80. The summed E-state index contributed by atoms with van der Waals surface area (Å²) in [5.74, 6) is -0.335. The average Bonchev–Trinajstić information content (AvgIpc) is 3.09. The second-order valence-corrected chi connectivity index (χ2v) is 5.78. The molecule has 0 aliphatic carbocycles. The van der Waals surface area contributed by atoms with Gasteiger partial charge in [-0.15, -0.1) is 11.3 Å². The van der Waals surface area contributed by atoms with Gasteiger partial charge in [0.1, 0.15) is 0 Å². The molecule has 1 aromatic heterocycles. The summed E-state index contributed by atoms with van der Waals surface area (Å²) in [4.78, 5) is 26.3. The van der Waals surface area contributed by atoms with Crippen LogP contribution in [-0.2, 0) is 16.0 Å². The van der Waals surface area contributed by atoms with Gasteiger partial charge in [-0.2, -0.15) is 0 Å². The molecule has 0 N–H and O–H groups in total. The molecule has 0 saturated heterocycles.